The summed E-state index contributed by atoms with van der Waals surface area (Å²) >= 11 is 0. The number of hydrogen-bond acceptors (Lipinski definition) is 0. The summed E-state index contributed by atoms with van der Waals surface area (Å²) in [5.74, 6) is 0. The smallest absolute Gasteiger partial charge is 0.00550 e. The topological polar surface area (TPSA) is 0 Å². The summed E-state index contributed by atoms with van der Waals surface area (Å²) in [5.41, 5.74) is 0. The molecule has 0 amide bonds. The minimum Gasteiger partial charge on any atom is -0.0110 e. The summed E-state index contributed by atoms with van der Waals surface area (Å²) < 4.78 is 0. The average molecular weight is 197 g/mol. The maximum absolute atomic E-state index is 1.57. The van der Waals surface area contributed by atoms with E-state index < -0.39 is 0 Å². The van der Waals surface area contributed by atoms with Crippen LogP contribution in [0.2, 0.25) is 0 Å². The quantitative estimate of drug-likeness (QED) is 0.341. The Bertz CT molecular complexity index is 8.36. The summed E-state index contributed by atoms with van der Waals surface area (Å²) in [5, 5.41) is 0. The summed E-state index contributed by atoms with van der Waals surface area (Å²) in [6, 6.07) is 0. The third kappa shape index (κ3) is 31.6. The van der Waals surface area contributed by atoms with Crippen molar-refractivity contribution < 1.29 is 0 Å². The molecule has 0 heterocycles. The van der Waals surface area contributed by atoms with Crippen LogP contribution in [0.4, 0.5) is 0 Å². The van der Waals surface area contributed by atoms with Gasteiger partial charge in [-0.2, -0.15) is 0 Å². The second-order valence-electron chi connectivity index (χ2n) is 1.50. The molecular formula is H12GeSi4. The molecule has 0 aromatic rings. The van der Waals surface area contributed by atoms with Gasteiger partial charge in [0.05, 0.1) is 0 Å². The zero-order valence-corrected chi connectivity index (χ0v) is 15.7. The Kier molecular flexibility index (Phi) is 10.4. The van der Waals surface area contributed by atoms with Gasteiger partial charge in [0.1, 0.15) is 0 Å². The van der Waals surface area contributed by atoms with E-state index >= 15 is 0 Å². The molecule has 0 saturated heterocycles. The molecule has 0 spiro atoms. The van der Waals surface area contributed by atoms with Crippen molar-refractivity contribution in [3.05, 3.63) is 0 Å². The Morgan fingerprint density at radius 3 is 1.00 bits per heavy atom. The van der Waals surface area contributed by atoms with Gasteiger partial charge < -0.3 is 0 Å². The molecule has 0 atom stereocenters. The second-order valence-corrected chi connectivity index (χ2v) is 40.5. The van der Waals surface area contributed by atoms with Gasteiger partial charge in [0.25, 0.3) is 0 Å². The van der Waals surface area contributed by atoms with Crippen LogP contribution in [-0.4, -0.2) is 54.2 Å². The molecular weight excluding hydrogens is 185 g/mol. The minimum absolute atomic E-state index is 0. The van der Waals surface area contributed by atoms with Crippen LogP contribution >= 0.6 is 0 Å². The van der Waals surface area contributed by atoms with Crippen molar-refractivity contribution in [1.82, 2.24) is 0 Å². The monoisotopic (exact) mass is 198 g/mol. The van der Waals surface area contributed by atoms with E-state index in [0.29, 0.717) is 7.35 Å². The van der Waals surface area contributed by atoms with Crippen LogP contribution in [0.5, 0.6) is 0 Å². The first-order valence-electron chi connectivity index (χ1n) is 1.50. The molecule has 5 heteroatoms. The van der Waals surface area contributed by atoms with Gasteiger partial charge in [-0.05, 0) is 36.6 Å². The summed E-state index contributed by atoms with van der Waals surface area (Å²) in [7, 11) is 5.26. The van der Waals surface area contributed by atoms with E-state index in [0.717, 1.165) is 0 Å². The van der Waals surface area contributed by atoms with E-state index in [1.165, 1.54) is 0 Å². The van der Waals surface area contributed by atoms with Gasteiger partial charge in [-0.1, -0.05) is 0 Å². The first-order chi connectivity index (χ1) is 1.73. The van der Waals surface area contributed by atoms with Crippen molar-refractivity contribution >= 4 is 54.2 Å². The van der Waals surface area contributed by atoms with Gasteiger partial charge >= 0.3 is 17.6 Å². The number of hydrogen-bond donors (Lipinski definition) is 0. The largest absolute Gasteiger partial charge is 0.0110 e. The van der Waals surface area contributed by atoms with Crippen LogP contribution in [-0.2, 0) is 0 Å². The molecule has 0 N–H and O–H groups in total. The maximum atomic E-state index is 1.57. The normalized spacial score (nSPS) is 9.00. The van der Waals surface area contributed by atoms with Crippen LogP contribution < -0.4 is 0 Å². The molecule has 0 fully saturated rings. The van der Waals surface area contributed by atoms with E-state index in [1.54, 1.807) is 29.3 Å². The van der Waals surface area contributed by atoms with Crippen LogP contribution in [0.3, 0.4) is 0 Å². The van der Waals surface area contributed by atoms with E-state index in [1.807, 2.05) is 0 Å². The molecule has 5 heavy (non-hydrogen) atoms. The molecule has 2 radical (unpaired) electrons. The summed E-state index contributed by atoms with van der Waals surface area (Å²) in [4.78, 5) is 0. The SMILES string of the molecule is [GeH3].[SiH3][Si]([SiH3])[SiH3]. The molecule has 0 aliphatic heterocycles. The molecule has 32 valence electrons. The van der Waals surface area contributed by atoms with E-state index in [9.17, 15) is 0 Å². The maximum Gasteiger partial charge on any atom is -0.00550 e. The van der Waals surface area contributed by atoms with Crippen molar-refractivity contribution in [1.29, 1.82) is 0 Å². The molecule has 0 aliphatic rings. The predicted octanol–water partition coefficient (Wildman–Crippen LogP) is -5.12. The third-order valence-electron chi connectivity index (χ3n) is 0. The van der Waals surface area contributed by atoms with Gasteiger partial charge in [-0.3, -0.25) is 0 Å². The Morgan fingerprint density at radius 1 is 1.00 bits per heavy atom. The Morgan fingerprint density at radius 2 is 1.00 bits per heavy atom. The molecule has 0 unspecified atom stereocenters. The minimum atomic E-state index is 0. The van der Waals surface area contributed by atoms with Gasteiger partial charge in [-0.15, -0.1) is 0 Å². The standard InChI is InChI=1S/GeH3.H9Si4/c;1-4(2)3/h1H3;1-3H3. The molecule has 0 bridgehead atoms. The average Bonchev–Trinajstić information content (AvgIpc) is 0.811. The van der Waals surface area contributed by atoms with Crippen LogP contribution in [0.25, 0.3) is 0 Å². The van der Waals surface area contributed by atoms with Crippen molar-refractivity contribution in [3.8, 4) is 0 Å². The predicted molar refractivity (Wildman–Crippen MR) is 45.5 cm³/mol. The van der Waals surface area contributed by atoms with Crippen LogP contribution in [0.1, 0.15) is 0 Å². The van der Waals surface area contributed by atoms with Gasteiger partial charge in [0, 0.05) is 0 Å². The number of rotatable bonds is 0. The molecule has 0 aromatic heterocycles. The molecule has 0 aliphatic carbocycles. The Labute approximate surface area is 54.3 Å². The first-order valence-corrected chi connectivity index (χ1v) is 13.5. The Hall–Kier alpha value is 1.41. The summed E-state index contributed by atoms with van der Waals surface area (Å²) in [6.45, 7) is 0. The molecule has 0 saturated carbocycles. The molecule has 0 aromatic carbocycles. The fourth-order valence-corrected chi connectivity index (χ4v) is 0. The van der Waals surface area contributed by atoms with Gasteiger partial charge in [0.15, 0.2) is 0 Å². The van der Waals surface area contributed by atoms with Gasteiger partial charge in [-0.25, -0.2) is 0 Å². The molecule has 0 rings (SSSR count). The molecule has 0 nitrogen and oxygen atoms in total. The van der Waals surface area contributed by atoms with Crippen molar-refractivity contribution in [2.75, 3.05) is 0 Å². The summed E-state index contributed by atoms with van der Waals surface area (Å²) in [6.07, 6.45) is 0. The van der Waals surface area contributed by atoms with Crippen molar-refractivity contribution in [2.45, 2.75) is 0 Å². The third-order valence-corrected chi connectivity index (χ3v) is 0. The zero-order chi connectivity index (χ0) is 3.58. The van der Waals surface area contributed by atoms with Crippen molar-refractivity contribution in [3.63, 3.8) is 0 Å². The fraction of sp³-hybridized carbons (Fsp3) is 0. The van der Waals surface area contributed by atoms with Gasteiger partial charge in [0.2, 0.25) is 0 Å². The van der Waals surface area contributed by atoms with Crippen molar-refractivity contribution in [2.24, 2.45) is 0 Å². The first kappa shape index (κ1) is 9.65. The second kappa shape index (κ2) is 5.41. The van der Waals surface area contributed by atoms with E-state index in [4.69, 9.17) is 0 Å². The van der Waals surface area contributed by atoms with E-state index in [-0.39, 0.29) is 17.6 Å². The fourth-order valence-electron chi connectivity index (χ4n) is 0. The zero-order valence-electron chi connectivity index (χ0n) is 4.50. The van der Waals surface area contributed by atoms with Crippen LogP contribution in [0, 0.1) is 0 Å². The van der Waals surface area contributed by atoms with E-state index in [2.05, 4.69) is 0 Å². The Balaban J connectivity index is 0. The van der Waals surface area contributed by atoms with Crippen LogP contribution in [0.15, 0.2) is 0 Å².